The van der Waals surface area contributed by atoms with E-state index in [9.17, 15) is 4.79 Å². The van der Waals surface area contributed by atoms with Crippen LogP contribution in [-0.2, 0) is 12.8 Å². The van der Waals surface area contributed by atoms with Gasteiger partial charge in [0.2, 0.25) is 11.7 Å². The first kappa shape index (κ1) is 19.7. The average molecular weight is 419 g/mol. The first-order valence-corrected chi connectivity index (χ1v) is 10.9. The van der Waals surface area contributed by atoms with Gasteiger partial charge in [0.05, 0.1) is 11.3 Å². The Bertz CT molecular complexity index is 1110. The van der Waals surface area contributed by atoms with Crippen LogP contribution < -0.4 is 4.90 Å². The molecule has 2 aromatic heterocycles. The molecule has 0 aliphatic carbocycles. The number of aryl methyl sites for hydroxylation is 2. The predicted molar refractivity (Wildman–Crippen MR) is 116 cm³/mol. The summed E-state index contributed by atoms with van der Waals surface area (Å²) in [6.45, 7) is 4.36. The molecule has 2 aliphatic heterocycles. The summed E-state index contributed by atoms with van der Waals surface area (Å²) in [4.78, 5) is 30.5. The number of nitrogens with zero attached hydrogens (tertiary/aromatic N) is 6. The zero-order chi connectivity index (χ0) is 21.4. The Morgan fingerprint density at radius 2 is 2.19 bits per heavy atom. The largest absolute Gasteiger partial charge is 0.374 e. The highest BCUT2D eigenvalue weighted by Gasteiger charge is 2.31. The van der Waals surface area contributed by atoms with Gasteiger partial charge < -0.3 is 14.3 Å². The van der Waals surface area contributed by atoms with Gasteiger partial charge in [0.15, 0.2) is 0 Å². The molecule has 0 unspecified atom stereocenters. The normalized spacial score (nSPS) is 18.3. The number of aromatic nitrogens is 4. The molecule has 1 aromatic carbocycles. The minimum atomic E-state index is 0.0852. The summed E-state index contributed by atoms with van der Waals surface area (Å²) in [5, 5.41) is 4.09. The zero-order valence-corrected chi connectivity index (χ0v) is 17.9. The second-order valence-corrected chi connectivity index (χ2v) is 8.29. The van der Waals surface area contributed by atoms with Crippen molar-refractivity contribution in [2.75, 3.05) is 31.6 Å². The Balaban J connectivity index is 1.36. The highest BCUT2D eigenvalue weighted by molar-refractivity contribution is 5.95. The molecule has 0 spiro atoms. The van der Waals surface area contributed by atoms with Gasteiger partial charge in [-0.15, -0.1) is 0 Å². The summed E-state index contributed by atoms with van der Waals surface area (Å²) in [5.74, 6) is 1.30. The molecule has 5 rings (SSSR count). The Hall–Kier alpha value is -3.29. The number of likely N-dealkylation sites (tertiary alicyclic amines) is 1. The summed E-state index contributed by atoms with van der Waals surface area (Å²) < 4.78 is 5.27. The van der Waals surface area contributed by atoms with Crippen molar-refractivity contribution in [2.45, 2.75) is 38.5 Å². The van der Waals surface area contributed by atoms with Crippen molar-refractivity contribution in [2.24, 2.45) is 0 Å². The van der Waals surface area contributed by atoms with Crippen LogP contribution in [0.5, 0.6) is 0 Å². The smallest absolute Gasteiger partial charge is 0.253 e. The summed E-state index contributed by atoms with van der Waals surface area (Å²) in [5.41, 5.74) is 4.92. The molecule has 31 heavy (non-hydrogen) atoms. The van der Waals surface area contributed by atoms with Crippen molar-refractivity contribution in [3.05, 3.63) is 53.4 Å². The molecule has 1 atom stereocenters. The Labute approximate surface area is 181 Å². The van der Waals surface area contributed by atoms with Crippen molar-refractivity contribution in [3.8, 4) is 11.4 Å². The third-order valence-electron chi connectivity index (χ3n) is 6.29. The zero-order valence-electron chi connectivity index (χ0n) is 17.9. The lowest BCUT2D eigenvalue weighted by molar-refractivity contribution is 0.0790. The quantitative estimate of drug-likeness (QED) is 0.643. The Morgan fingerprint density at radius 1 is 1.29 bits per heavy atom. The maximum Gasteiger partial charge on any atom is 0.253 e. The fourth-order valence-electron chi connectivity index (χ4n) is 4.61. The summed E-state index contributed by atoms with van der Waals surface area (Å²) in [6.07, 6.45) is 6.96. The number of carbonyl (C=O) groups excluding carboxylic acids is 1. The van der Waals surface area contributed by atoms with Crippen molar-refractivity contribution < 1.29 is 9.32 Å². The van der Waals surface area contributed by atoms with Gasteiger partial charge in [-0.25, -0.2) is 9.97 Å². The fraction of sp³-hybridized carbons (Fsp3) is 0.435. The number of hydrogen-bond donors (Lipinski definition) is 0. The molecule has 160 valence electrons. The Kier molecular flexibility index (Phi) is 5.13. The number of benzene rings is 1. The van der Waals surface area contributed by atoms with Crippen LogP contribution in [0.1, 0.15) is 53.2 Å². The molecule has 0 saturated carbocycles. The van der Waals surface area contributed by atoms with E-state index in [-0.39, 0.29) is 11.8 Å². The summed E-state index contributed by atoms with van der Waals surface area (Å²) in [7, 11) is 2.11. The van der Waals surface area contributed by atoms with Gasteiger partial charge in [0, 0.05) is 56.5 Å². The molecule has 8 heteroatoms. The van der Waals surface area contributed by atoms with Crippen LogP contribution in [0, 0.1) is 0 Å². The molecule has 1 amide bonds. The fourth-order valence-corrected chi connectivity index (χ4v) is 4.61. The molecule has 8 nitrogen and oxygen atoms in total. The van der Waals surface area contributed by atoms with Gasteiger partial charge in [-0.2, -0.15) is 4.98 Å². The van der Waals surface area contributed by atoms with E-state index >= 15 is 0 Å². The van der Waals surface area contributed by atoms with Crippen molar-refractivity contribution in [1.82, 2.24) is 25.0 Å². The van der Waals surface area contributed by atoms with Crippen LogP contribution in [0.3, 0.4) is 0 Å². The molecule has 0 radical (unpaired) electrons. The summed E-state index contributed by atoms with van der Waals surface area (Å²) in [6, 6.07) is 6.11. The molecule has 1 saturated heterocycles. The highest BCUT2D eigenvalue weighted by atomic mass is 16.5. The minimum Gasteiger partial charge on any atom is -0.374 e. The van der Waals surface area contributed by atoms with E-state index < -0.39 is 0 Å². The van der Waals surface area contributed by atoms with Gasteiger partial charge in [0.25, 0.3) is 5.91 Å². The molecule has 4 heterocycles. The van der Waals surface area contributed by atoms with Crippen molar-refractivity contribution >= 4 is 11.6 Å². The number of fused-ring (bicyclic) bond motifs is 1. The molecular formula is C23H26N6O2. The van der Waals surface area contributed by atoms with Crippen molar-refractivity contribution in [1.29, 1.82) is 0 Å². The lowest BCUT2D eigenvalue weighted by atomic mass is 9.99. The minimum absolute atomic E-state index is 0.0852. The second-order valence-electron chi connectivity index (χ2n) is 8.29. The maximum atomic E-state index is 13.2. The number of amides is 1. The molecule has 3 aromatic rings. The standard InChI is InChI=1S/C23H26N6O2/c1-3-20-26-22(27-31-20)18-12-24-14-25-21(18)17-8-10-29(13-17)23(30)16-6-7-19-15(11-16)5-4-9-28(19)2/h6-7,11-12,14,17H,3-5,8-10,13H2,1-2H3/t17-/m0/s1. The number of carbonyl (C=O) groups is 1. The third-order valence-corrected chi connectivity index (χ3v) is 6.29. The average Bonchev–Trinajstić information content (AvgIpc) is 3.48. The molecule has 1 fully saturated rings. The predicted octanol–water partition coefficient (Wildman–Crippen LogP) is 3.10. The van der Waals surface area contributed by atoms with Gasteiger partial charge >= 0.3 is 0 Å². The molecule has 0 bridgehead atoms. The van der Waals surface area contributed by atoms with E-state index in [1.165, 1.54) is 11.3 Å². The van der Waals surface area contributed by atoms with Crippen LogP contribution in [0.25, 0.3) is 11.4 Å². The van der Waals surface area contributed by atoms with E-state index in [1.54, 1.807) is 12.5 Å². The lowest BCUT2D eigenvalue weighted by Crippen LogP contribution is -2.29. The van der Waals surface area contributed by atoms with Gasteiger partial charge in [-0.05, 0) is 43.0 Å². The third kappa shape index (κ3) is 3.66. The van der Waals surface area contributed by atoms with E-state index in [4.69, 9.17) is 4.52 Å². The van der Waals surface area contributed by atoms with E-state index in [0.717, 1.165) is 42.6 Å². The lowest BCUT2D eigenvalue weighted by Gasteiger charge is -2.28. The van der Waals surface area contributed by atoms with Crippen molar-refractivity contribution in [3.63, 3.8) is 0 Å². The number of anilines is 1. The molecule has 2 aliphatic rings. The number of rotatable bonds is 4. The van der Waals surface area contributed by atoms with Crippen LogP contribution in [-0.4, -0.2) is 57.6 Å². The highest BCUT2D eigenvalue weighted by Crippen LogP contribution is 2.33. The van der Waals surface area contributed by atoms with Crippen LogP contribution in [0.2, 0.25) is 0 Å². The van der Waals surface area contributed by atoms with Crippen LogP contribution >= 0.6 is 0 Å². The first-order chi connectivity index (χ1) is 15.1. The van der Waals surface area contributed by atoms with E-state index in [0.29, 0.717) is 31.2 Å². The van der Waals surface area contributed by atoms with E-state index in [2.05, 4.69) is 44.2 Å². The first-order valence-electron chi connectivity index (χ1n) is 10.9. The molecule has 0 N–H and O–H groups in total. The van der Waals surface area contributed by atoms with Gasteiger partial charge in [0.1, 0.15) is 6.33 Å². The number of hydrogen-bond acceptors (Lipinski definition) is 7. The summed E-state index contributed by atoms with van der Waals surface area (Å²) >= 11 is 0. The Morgan fingerprint density at radius 3 is 3.03 bits per heavy atom. The maximum absolute atomic E-state index is 13.2. The van der Waals surface area contributed by atoms with Crippen LogP contribution in [0.15, 0.2) is 35.2 Å². The SMILES string of the molecule is CCc1nc(-c2cncnc2[C@H]2CCN(C(=O)c3ccc4c(c3)CCCN4C)C2)no1. The van der Waals surface area contributed by atoms with E-state index in [1.807, 2.05) is 17.9 Å². The topological polar surface area (TPSA) is 88.3 Å². The second kappa shape index (κ2) is 8.09. The monoisotopic (exact) mass is 418 g/mol. The molecular weight excluding hydrogens is 392 g/mol. The van der Waals surface area contributed by atoms with Gasteiger partial charge in [-0.3, -0.25) is 4.79 Å². The van der Waals surface area contributed by atoms with Crippen LogP contribution in [0.4, 0.5) is 5.69 Å². The van der Waals surface area contributed by atoms with Gasteiger partial charge in [-0.1, -0.05) is 12.1 Å².